The maximum absolute atomic E-state index is 4.73. The average Bonchev–Trinajstić information content (AvgIpc) is 2.66. The van der Waals surface area contributed by atoms with Gasteiger partial charge in [-0.1, -0.05) is 6.92 Å². The molecule has 1 aromatic rings. The highest BCUT2D eigenvalue weighted by molar-refractivity contribution is 5.19. The molecule has 0 saturated carbocycles. The Bertz CT molecular complexity index is 381. The van der Waals surface area contributed by atoms with E-state index in [-0.39, 0.29) is 0 Å². The number of nitrogens with zero attached hydrogens (tertiary/aromatic N) is 2. The van der Waals surface area contributed by atoms with Crippen LogP contribution in [0.1, 0.15) is 56.7 Å². The summed E-state index contributed by atoms with van der Waals surface area (Å²) in [5.74, 6) is 1.22. The summed E-state index contributed by atoms with van der Waals surface area (Å²) in [4.78, 5) is 4.73. The van der Waals surface area contributed by atoms with Crippen LogP contribution in [0.3, 0.4) is 0 Å². The Morgan fingerprint density at radius 2 is 2.11 bits per heavy atom. The van der Waals surface area contributed by atoms with Crippen LogP contribution in [0.4, 0.5) is 0 Å². The van der Waals surface area contributed by atoms with Gasteiger partial charge in [0, 0.05) is 18.3 Å². The topological polar surface area (TPSA) is 29.9 Å². The van der Waals surface area contributed by atoms with Crippen molar-refractivity contribution in [1.82, 2.24) is 14.9 Å². The van der Waals surface area contributed by atoms with Crippen LogP contribution in [-0.4, -0.2) is 22.1 Å². The number of nitrogens with one attached hydrogen (secondary N) is 1. The predicted molar refractivity (Wildman–Crippen MR) is 76.0 cm³/mol. The molecule has 0 radical (unpaired) electrons. The van der Waals surface area contributed by atoms with Crippen molar-refractivity contribution in [3.63, 3.8) is 0 Å². The first kappa shape index (κ1) is 13.6. The molecule has 1 aromatic heterocycles. The van der Waals surface area contributed by atoms with Gasteiger partial charge in [0.05, 0.1) is 5.69 Å². The molecule has 3 nitrogen and oxygen atoms in total. The molecule has 0 aromatic carbocycles. The number of rotatable bonds is 6. The molecule has 102 valence electrons. The molecular formula is C15H27N3. The molecule has 1 unspecified atom stereocenters. The Labute approximate surface area is 111 Å². The van der Waals surface area contributed by atoms with Gasteiger partial charge in [0.15, 0.2) is 0 Å². The number of aromatic nitrogens is 2. The van der Waals surface area contributed by atoms with Gasteiger partial charge in [-0.25, -0.2) is 4.98 Å². The summed E-state index contributed by atoms with van der Waals surface area (Å²) in [5.41, 5.74) is 2.90. The van der Waals surface area contributed by atoms with Gasteiger partial charge in [-0.2, -0.15) is 0 Å². The van der Waals surface area contributed by atoms with Crippen molar-refractivity contribution in [2.75, 3.05) is 6.54 Å². The molecule has 0 amide bonds. The highest BCUT2D eigenvalue weighted by Crippen LogP contribution is 2.22. The van der Waals surface area contributed by atoms with Crippen LogP contribution < -0.4 is 5.32 Å². The van der Waals surface area contributed by atoms with Gasteiger partial charge in [0.25, 0.3) is 0 Å². The quantitative estimate of drug-likeness (QED) is 0.840. The summed E-state index contributed by atoms with van der Waals surface area (Å²) >= 11 is 0. The van der Waals surface area contributed by atoms with Crippen molar-refractivity contribution in [3.05, 3.63) is 17.2 Å². The molecule has 1 aliphatic rings. The van der Waals surface area contributed by atoms with Crippen molar-refractivity contribution in [3.8, 4) is 0 Å². The third kappa shape index (κ3) is 3.14. The third-order valence-electron chi connectivity index (χ3n) is 3.99. The molecule has 18 heavy (non-hydrogen) atoms. The smallest absolute Gasteiger partial charge is 0.106 e. The summed E-state index contributed by atoms with van der Waals surface area (Å²) in [7, 11) is 0. The molecular weight excluding hydrogens is 222 g/mol. The minimum atomic E-state index is 0.634. The van der Waals surface area contributed by atoms with E-state index in [1.807, 2.05) is 0 Å². The van der Waals surface area contributed by atoms with Crippen LogP contribution >= 0.6 is 0 Å². The summed E-state index contributed by atoms with van der Waals surface area (Å²) in [5, 5.41) is 3.48. The number of hydrogen-bond acceptors (Lipinski definition) is 2. The molecule has 1 heterocycles. The van der Waals surface area contributed by atoms with Gasteiger partial charge in [-0.3, -0.25) is 0 Å². The molecule has 3 heteroatoms. The Morgan fingerprint density at radius 3 is 2.89 bits per heavy atom. The first-order chi connectivity index (χ1) is 8.72. The Kier molecular flexibility index (Phi) is 4.81. The van der Waals surface area contributed by atoms with Crippen LogP contribution in [0.5, 0.6) is 0 Å². The highest BCUT2D eigenvalue weighted by atomic mass is 15.1. The summed E-state index contributed by atoms with van der Waals surface area (Å²) in [6.45, 7) is 8.82. The summed E-state index contributed by atoms with van der Waals surface area (Å²) in [6, 6.07) is 0.634. The van der Waals surface area contributed by atoms with Gasteiger partial charge < -0.3 is 9.88 Å². The van der Waals surface area contributed by atoms with E-state index in [0.717, 1.165) is 13.1 Å². The van der Waals surface area contributed by atoms with E-state index < -0.39 is 0 Å². The Balaban J connectivity index is 1.91. The van der Waals surface area contributed by atoms with E-state index in [1.165, 1.54) is 55.7 Å². The van der Waals surface area contributed by atoms with E-state index in [1.54, 1.807) is 0 Å². The highest BCUT2D eigenvalue weighted by Gasteiger charge is 2.17. The zero-order valence-corrected chi connectivity index (χ0v) is 12.1. The zero-order chi connectivity index (χ0) is 13.0. The maximum Gasteiger partial charge on any atom is 0.106 e. The normalized spacial score (nSPS) is 16.6. The Morgan fingerprint density at radius 1 is 1.33 bits per heavy atom. The standard InChI is InChI=1S/C15H27N3/c1-4-16-12(2)8-7-11-18-13(3)17-14-9-5-6-10-15(14)18/h12,16H,4-11H2,1-3H3. The van der Waals surface area contributed by atoms with Gasteiger partial charge in [-0.15, -0.1) is 0 Å². The fourth-order valence-electron chi connectivity index (χ4n) is 3.04. The molecule has 2 rings (SSSR count). The SMILES string of the molecule is CCNC(C)CCCn1c(C)nc2c1CCCC2. The largest absolute Gasteiger partial charge is 0.332 e. The van der Waals surface area contributed by atoms with Crippen LogP contribution in [0, 0.1) is 6.92 Å². The lowest BCUT2D eigenvalue weighted by Crippen LogP contribution is -2.25. The molecule has 0 spiro atoms. The number of fused-ring (bicyclic) bond motifs is 1. The van der Waals surface area contributed by atoms with Crippen LogP contribution in [0.25, 0.3) is 0 Å². The minimum absolute atomic E-state index is 0.634. The number of imidazole rings is 1. The molecule has 0 saturated heterocycles. The van der Waals surface area contributed by atoms with E-state index in [0.29, 0.717) is 6.04 Å². The first-order valence-electron chi connectivity index (χ1n) is 7.50. The van der Waals surface area contributed by atoms with E-state index in [2.05, 4.69) is 30.7 Å². The fourth-order valence-corrected chi connectivity index (χ4v) is 3.04. The van der Waals surface area contributed by atoms with Crippen molar-refractivity contribution in [2.45, 2.75) is 71.9 Å². The molecule has 1 N–H and O–H groups in total. The molecule has 0 fully saturated rings. The molecule has 1 atom stereocenters. The van der Waals surface area contributed by atoms with E-state index in [9.17, 15) is 0 Å². The van der Waals surface area contributed by atoms with Gasteiger partial charge in [-0.05, 0) is 58.9 Å². The van der Waals surface area contributed by atoms with E-state index in [4.69, 9.17) is 4.98 Å². The third-order valence-corrected chi connectivity index (χ3v) is 3.99. The van der Waals surface area contributed by atoms with Crippen molar-refractivity contribution in [2.24, 2.45) is 0 Å². The average molecular weight is 249 g/mol. The summed E-state index contributed by atoms with van der Waals surface area (Å²) < 4.78 is 2.47. The van der Waals surface area contributed by atoms with Crippen molar-refractivity contribution >= 4 is 0 Å². The molecule has 0 aliphatic heterocycles. The monoisotopic (exact) mass is 249 g/mol. The summed E-state index contributed by atoms with van der Waals surface area (Å²) in [6.07, 6.45) is 7.58. The second-order valence-electron chi connectivity index (χ2n) is 5.51. The zero-order valence-electron chi connectivity index (χ0n) is 12.1. The molecule has 1 aliphatic carbocycles. The molecule has 0 bridgehead atoms. The maximum atomic E-state index is 4.73. The van der Waals surface area contributed by atoms with Crippen LogP contribution in [0.2, 0.25) is 0 Å². The van der Waals surface area contributed by atoms with Crippen molar-refractivity contribution in [1.29, 1.82) is 0 Å². The van der Waals surface area contributed by atoms with Gasteiger partial charge >= 0.3 is 0 Å². The van der Waals surface area contributed by atoms with E-state index >= 15 is 0 Å². The lowest BCUT2D eigenvalue weighted by molar-refractivity contribution is 0.476. The fraction of sp³-hybridized carbons (Fsp3) is 0.800. The van der Waals surface area contributed by atoms with Gasteiger partial charge in [0.1, 0.15) is 5.82 Å². The van der Waals surface area contributed by atoms with Crippen molar-refractivity contribution < 1.29 is 0 Å². The number of aryl methyl sites for hydroxylation is 2. The second-order valence-corrected chi connectivity index (χ2v) is 5.51. The first-order valence-corrected chi connectivity index (χ1v) is 7.50. The predicted octanol–water partition coefficient (Wildman–Crippen LogP) is 2.85. The lowest BCUT2D eigenvalue weighted by Gasteiger charge is -2.16. The minimum Gasteiger partial charge on any atom is -0.332 e. The van der Waals surface area contributed by atoms with Crippen LogP contribution in [0.15, 0.2) is 0 Å². The van der Waals surface area contributed by atoms with Crippen LogP contribution in [-0.2, 0) is 19.4 Å². The number of hydrogen-bond donors (Lipinski definition) is 1. The second kappa shape index (κ2) is 6.37. The Hall–Kier alpha value is -0.830. The lowest BCUT2D eigenvalue weighted by atomic mass is 10.0. The van der Waals surface area contributed by atoms with Gasteiger partial charge in [0.2, 0.25) is 0 Å².